The van der Waals surface area contributed by atoms with Gasteiger partial charge in [-0.05, 0) is 39.2 Å². The van der Waals surface area contributed by atoms with Crippen molar-refractivity contribution in [1.82, 2.24) is 14.9 Å². The van der Waals surface area contributed by atoms with Crippen LogP contribution in [0.4, 0.5) is 0 Å². The van der Waals surface area contributed by atoms with Crippen LogP contribution in [0.3, 0.4) is 0 Å². The monoisotopic (exact) mass is 375 g/mol. The normalized spacial score (nSPS) is 12.2. The number of carbonyl (C=O) groups excluding carboxylic acids is 1. The van der Waals surface area contributed by atoms with Crippen LogP contribution >= 0.6 is 11.8 Å². The summed E-state index contributed by atoms with van der Waals surface area (Å²) in [6.07, 6.45) is 1.90. The van der Waals surface area contributed by atoms with Gasteiger partial charge in [0.05, 0.1) is 18.1 Å². The Morgan fingerprint density at radius 1 is 1.31 bits per heavy atom. The van der Waals surface area contributed by atoms with Gasteiger partial charge in [-0.2, -0.15) is 0 Å². The van der Waals surface area contributed by atoms with E-state index in [1.807, 2.05) is 32.0 Å². The highest BCUT2D eigenvalue weighted by Crippen LogP contribution is 2.21. The molecule has 6 heteroatoms. The molecule has 2 rings (SSSR count). The average molecular weight is 376 g/mol. The maximum atomic E-state index is 12.3. The number of aromatic nitrogens is 2. The van der Waals surface area contributed by atoms with Crippen LogP contribution in [-0.4, -0.2) is 41.0 Å². The Morgan fingerprint density at radius 2 is 2.04 bits per heavy atom. The van der Waals surface area contributed by atoms with Gasteiger partial charge in [-0.3, -0.25) is 4.79 Å². The molecule has 0 saturated heterocycles. The number of nitrogens with zero attached hydrogens (tertiary/aromatic N) is 2. The molecule has 142 valence electrons. The first-order chi connectivity index (χ1) is 12.5. The molecule has 1 N–H and O–H groups in total. The highest BCUT2D eigenvalue weighted by molar-refractivity contribution is 7.99. The van der Waals surface area contributed by atoms with Gasteiger partial charge in [-0.25, -0.2) is 4.98 Å². The number of aryl methyl sites for hydroxylation is 2. The van der Waals surface area contributed by atoms with Crippen molar-refractivity contribution in [2.75, 3.05) is 19.5 Å². The van der Waals surface area contributed by atoms with Gasteiger partial charge in [-0.1, -0.05) is 42.1 Å². The molecule has 1 atom stereocenters. The molecular weight excluding hydrogens is 346 g/mol. The van der Waals surface area contributed by atoms with Crippen LogP contribution in [0.5, 0.6) is 0 Å². The predicted molar refractivity (Wildman–Crippen MR) is 107 cm³/mol. The quantitative estimate of drug-likeness (QED) is 0.647. The van der Waals surface area contributed by atoms with Gasteiger partial charge < -0.3 is 14.6 Å². The molecule has 1 aromatic carbocycles. The van der Waals surface area contributed by atoms with E-state index in [-0.39, 0.29) is 11.9 Å². The molecule has 0 spiro atoms. The number of amides is 1. The van der Waals surface area contributed by atoms with Crippen molar-refractivity contribution >= 4 is 17.7 Å². The van der Waals surface area contributed by atoms with E-state index in [2.05, 4.69) is 33.9 Å². The molecule has 1 aromatic heterocycles. The zero-order valence-corrected chi connectivity index (χ0v) is 16.9. The molecular formula is C20H29N3O2S. The second-order valence-electron chi connectivity index (χ2n) is 6.49. The number of hydrogen-bond donors (Lipinski definition) is 1. The summed E-state index contributed by atoms with van der Waals surface area (Å²) in [5.41, 5.74) is 3.43. The maximum Gasteiger partial charge on any atom is 0.230 e. The number of imidazole rings is 1. The van der Waals surface area contributed by atoms with Gasteiger partial charge in [-0.15, -0.1) is 0 Å². The minimum absolute atomic E-state index is 0.0483. The third-order valence-corrected chi connectivity index (χ3v) is 5.37. The van der Waals surface area contributed by atoms with E-state index < -0.39 is 0 Å². The summed E-state index contributed by atoms with van der Waals surface area (Å²) < 4.78 is 7.29. The summed E-state index contributed by atoms with van der Waals surface area (Å²) in [6.45, 7) is 7.48. The van der Waals surface area contributed by atoms with E-state index in [9.17, 15) is 4.79 Å². The van der Waals surface area contributed by atoms with E-state index in [0.717, 1.165) is 35.9 Å². The van der Waals surface area contributed by atoms with Gasteiger partial charge in [0.15, 0.2) is 5.16 Å². The van der Waals surface area contributed by atoms with Crippen molar-refractivity contribution in [3.63, 3.8) is 0 Å². The fourth-order valence-corrected chi connectivity index (χ4v) is 3.66. The van der Waals surface area contributed by atoms with Crippen LogP contribution in [-0.2, 0) is 22.5 Å². The first-order valence-corrected chi connectivity index (χ1v) is 9.98. The molecule has 2 aromatic rings. The van der Waals surface area contributed by atoms with Crippen molar-refractivity contribution in [2.45, 2.75) is 51.4 Å². The fourth-order valence-electron chi connectivity index (χ4n) is 2.73. The summed E-state index contributed by atoms with van der Waals surface area (Å²) in [4.78, 5) is 16.8. The number of hydrogen-bond acceptors (Lipinski definition) is 4. The molecule has 0 aliphatic heterocycles. The molecule has 0 unspecified atom stereocenters. The van der Waals surface area contributed by atoms with Crippen molar-refractivity contribution in [2.24, 2.45) is 0 Å². The van der Waals surface area contributed by atoms with Gasteiger partial charge in [0.1, 0.15) is 0 Å². The average Bonchev–Trinajstić information content (AvgIpc) is 2.91. The minimum atomic E-state index is 0.0483. The van der Waals surface area contributed by atoms with Gasteiger partial charge in [0, 0.05) is 25.4 Å². The topological polar surface area (TPSA) is 56.1 Å². The third-order valence-electron chi connectivity index (χ3n) is 4.39. The number of nitrogens with one attached hydrogen (secondary N) is 1. The second kappa shape index (κ2) is 10.4. The molecule has 1 amide bonds. The lowest BCUT2D eigenvalue weighted by Gasteiger charge is -2.14. The van der Waals surface area contributed by atoms with Crippen LogP contribution < -0.4 is 5.32 Å². The SMILES string of the molecule is COCCn1c(SCC(=O)N[C@H](C)CCc2ccccc2)nc(C)c1C. The lowest BCUT2D eigenvalue weighted by Crippen LogP contribution is -2.34. The number of ether oxygens (including phenoxy) is 1. The van der Waals surface area contributed by atoms with E-state index in [1.54, 1.807) is 7.11 Å². The Hall–Kier alpha value is -1.79. The first kappa shape index (κ1) is 20.5. The van der Waals surface area contributed by atoms with Gasteiger partial charge in [0.25, 0.3) is 0 Å². The molecule has 0 bridgehead atoms. The highest BCUT2D eigenvalue weighted by Gasteiger charge is 2.14. The number of thioether (sulfide) groups is 1. The molecule has 26 heavy (non-hydrogen) atoms. The summed E-state index contributed by atoms with van der Waals surface area (Å²) >= 11 is 1.48. The van der Waals surface area contributed by atoms with E-state index >= 15 is 0 Å². The summed E-state index contributed by atoms with van der Waals surface area (Å²) in [5, 5.41) is 3.96. The summed E-state index contributed by atoms with van der Waals surface area (Å²) in [7, 11) is 1.69. The Balaban J connectivity index is 1.80. The van der Waals surface area contributed by atoms with Crippen molar-refractivity contribution in [3.8, 4) is 0 Å². The van der Waals surface area contributed by atoms with Crippen molar-refractivity contribution in [3.05, 3.63) is 47.3 Å². The molecule has 5 nitrogen and oxygen atoms in total. The molecule has 1 heterocycles. The van der Waals surface area contributed by atoms with Crippen LogP contribution in [0.25, 0.3) is 0 Å². The van der Waals surface area contributed by atoms with Crippen LogP contribution in [0, 0.1) is 13.8 Å². The van der Waals surface area contributed by atoms with E-state index in [4.69, 9.17) is 4.74 Å². The largest absolute Gasteiger partial charge is 0.383 e. The summed E-state index contributed by atoms with van der Waals surface area (Å²) in [6, 6.07) is 10.5. The number of methoxy groups -OCH3 is 1. The third kappa shape index (κ3) is 6.18. The second-order valence-corrected chi connectivity index (χ2v) is 7.43. The highest BCUT2D eigenvalue weighted by atomic mass is 32.2. The first-order valence-electron chi connectivity index (χ1n) is 9.00. The zero-order chi connectivity index (χ0) is 18.9. The lowest BCUT2D eigenvalue weighted by molar-refractivity contribution is -0.119. The molecule has 0 aliphatic rings. The number of benzene rings is 1. The summed E-state index contributed by atoms with van der Waals surface area (Å²) in [5.74, 6) is 0.422. The molecule has 0 fully saturated rings. The molecule has 0 aliphatic carbocycles. The van der Waals surface area contributed by atoms with Gasteiger partial charge in [0.2, 0.25) is 5.91 Å². The van der Waals surface area contributed by atoms with Crippen LogP contribution in [0.1, 0.15) is 30.3 Å². The zero-order valence-electron chi connectivity index (χ0n) is 16.1. The molecule has 0 saturated carbocycles. The Morgan fingerprint density at radius 3 is 2.73 bits per heavy atom. The smallest absolute Gasteiger partial charge is 0.230 e. The lowest BCUT2D eigenvalue weighted by atomic mass is 10.1. The van der Waals surface area contributed by atoms with Crippen LogP contribution in [0.15, 0.2) is 35.5 Å². The van der Waals surface area contributed by atoms with Crippen molar-refractivity contribution in [1.29, 1.82) is 0 Å². The van der Waals surface area contributed by atoms with E-state index in [0.29, 0.717) is 12.4 Å². The Labute approximate surface area is 160 Å². The van der Waals surface area contributed by atoms with Crippen LogP contribution in [0.2, 0.25) is 0 Å². The fraction of sp³-hybridized carbons (Fsp3) is 0.500. The minimum Gasteiger partial charge on any atom is -0.383 e. The Kier molecular flexibility index (Phi) is 8.19. The van der Waals surface area contributed by atoms with Gasteiger partial charge >= 0.3 is 0 Å². The maximum absolute atomic E-state index is 12.3. The molecule has 0 radical (unpaired) electrons. The Bertz CT molecular complexity index is 701. The van der Waals surface area contributed by atoms with E-state index in [1.165, 1.54) is 17.3 Å². The van der Waals surface area contributed by atoms with Crippen molar-refractivity contribution < 1.29 is 9.53 Å². The number of rotatable bonds is 10. The standard InChI is InChI=1S/C20H29N3O2S/c1-15(10-11-18-8-6-5-7-9-18)21-19(24)14-26-20-22-16(2)17(3)23(20)12-13-25-4/h5-9,15H,10-14H2,1-4H3,(H,21,24)/t15-/m1/s1. The number of carbonyl (C=O) groups is 1. The predicted octanol–water partition coefficient (Wildman–Crippen LogP) is 3.38.